The zero-order valence-corrected chi connectivity index (χ0v) is 26.2. The Kier molecular flexibility index (Phi) is 9.13. The highest BCUT2D eigenvalue weighted by molar-refractivity contribution is 6.43. The standard InChI is InChI=1S/C36H45BN2O5/c1-23(2)29-20-30-34(36(42)39(35(30)41)27-14-16-38(17-15-27)22-25-8-5-4-6-9-25)31-21-37(43)44-32(33(29)31)13-12-24(3)18-26-10-7-11-28(40)19-26/h4-11,18-19,23,27,30-32,34,40,43H,12-17,20-22H2,1-3H3/b24-18+/t30-,31+,32-,34-/m1/s1. The molecule has 7 nitrogen and oxygen atoms in total. The van der Waals surface area contributed by atoms with Crippen molar-refractivity contribution in [3.63, 3.8) is 0 Å². The average molecular weight is 597 g/mol. The van der Waals surface area contributed by atoms with Crippen LogP contribution in [0.5, 0.6) is 5.75 Å². The zero-order valence-electron chi connectivity index (χ0n) is 26.2. The Morgan fingerprint density at radius 2 is 1.80 bits per heavy atom. The van der Waals surface area contributed by atoms with Crippen LogP contribution in [0.25, 0.3) is 6.08 Å². The summed E-state index contributed by atoms with van der Waals surface area (Å²) >= 11 is 0. The average Bonchev–Trinajstić information content (AvgIpc) is 3.25. The molecule has 2 N–H and O–H groups in total. The number of aromatic hydroxyl groups is 1. The maximum absolute atomic E-state index is 14.2. The maximum Gasteiger partial charge on any atom is 0.455 e. The van der Waals surface area contributed by atoms with Crippen molar-refractivity contribution in [2.24, 2.45) is 23.7 Å². The van der Waals surface area contributed by atoms with Crippen LogP contribution < -0.4 is 0 Å². The fraction of sp³-hybridized carbons (Fsp3) is 0.500. The summed E-state index contributed by atoms with van der Waals surface area (Å²) in [4.78, 5) is 32.2. The molecule has 44 heavy (non-hydrogen) atoms. The number of fused-ring (bicyclic) bond motifs is 3. The normalized spacial score (nSPS) is 26.9. The molecule has 0 saturated carbocycles. The predicted octanol–water partition coefficient (Wildman–Crippen LogP) is 5.69. The lowest BCUT2D eigenvalue weighted by Gasteiger charge is -2.44. The third-order valence-electron chi connectivity index (χ3n) is 10.2. The van der Waals surface area contributed by atoms with Gasteiger partial charge in [0.2, 0.25) is 11.8 Å². The number of hydrogen-bond acceptors (Lipinski definition) is 6. The van der Waals surface area contributed by atoms with Crippen molar-refractivity contribution in [1.82, 2.24) is 9.80 Å². The molecular formula is C36H45BN2O5. The second-order valence-electron chi connectivity index (χ2n) is 13.6. The minimum absolute atomic E-state index is 0.0128. The third-order valence-corrected chi connectivity index (χ3v) is 10.2. The molecule has 3 heterocycles. The van der Waals surface area contributed by atoms with Crippen LogP contribution in [-0.4, -0.2) is 64.1 Å². The first-order valence-electron chi connectivity index (χ1n) is 16.3. The number of carbonyl (C=O) groups is 2. The number of piperidine rings is 1. The van der Waals surface area contributed by atoms with E-state index in [1.54, 1.807) is 17.0 Å². The molecule has 8 heteroatoms. The first-order valence-corrected chi connectivity index (χ1v) is 16.3. The van der Waals surface area contributed by atoms with E-state index in [-0.39, 0.29) is 47.5 Å². The van der Waals surface area contributed by atoms with Crippen molar-refractivity contribution in [2.75, 3.05) is 13.1 Å². The monoisotopic (exact) mass is 596 g/mol. The van der Waals surface area contributed by atoms with Gasteiger partial charge >= 0.3 is 7.12 Å². The van der Waals surface area contributed by atoms with Crippen LogP contribution in [0.15, 0.2) is 71.3 Å². The van der Waals surface area contributed by atoms with Gasteiger partial charge in [-0.05, 0) is 86.0 Å². The summed E-state index contributed by atoms with van der Waals surface area (Å²) in [5, 5.41) is 20.8. The first kappa shape index (κ1) is 30.8. The van der Waals surface area contributed by atoms with E-state index in [1.807, 2.05) is 18.2 Å². The molecule has 0 unspecified atom stereocenters. The van der Waals surface area contributed by atoms with Crippen LogP contribution in [0.1, 0.15) is 64.0 Å². The van der Waals surface area contributed by atoms with E-state index in [0.29, 0.717) is 19.2 Å². The lowest BCUT2D eigenvalue weighted by molar-refractivity contribution is -0.144. The van der Waals surface area contributed by atoms with Gasteiger partial charge in [0.05, 0.1) is 17.9 Å². The molecule has 2 aromatic rings. The second-order valence-corrected chi connectivity index (χ2v) is 13.6. The summed E-state index contributed by atoms with van der Waals surface area (Å²) in [5.41, 5.74) is 5.74. The van der Waals surface area contributed by atoms with Gasteiger partial charge in [-0.2, -0.15) is 0 Å². The molecule has 3 saturated heterocycles. The van der Waals surface area contributed by atoms with E-state index in [2.05, 4.69) is 56.0 Å². The smallest absolute Gasteiger partial charge is 0.455 e. The summed E-state index contributed by atoms with van der Waals surface area (Å²) in [6.07, 6.45) is 5.74. The van der Waals surface area contributed by atoms with Crippen LogP contribution >= 0.6 is 0 Å². The molecule has 0 aromatic heterocycles. The minimum Gasteiger partial charge on any atom is -0.508 e. The van der Waals surface area contributed by atoms with E-state index in [9.17, 15) is 19.7 Å². The zero-order chi connectivity index (χ0) is 31.0. The van der Waals surface area contributed by atoms with Crippen molar-refractivity contribution in [3.05, 3.63) is 82.4 Å². The highest BCUT2D eigenvalue weighted by atomic mass is 16.5. The van der Waals surface area contributed by atoms with E-state index >= 15 is 0 Å². The Balaban J connectivity index is 1.18. The molecule has 3 aliphatic heterocycles. The SMILES string of the molecule is C/C(=C\c1cccc(O)c1)CC[C@H]1OB(O)C[C@H]2C1=C(C(C)C)C[C@H]1C(=O)N(C3CCN(Cc4ccccc4)CC3)C(=O)[C@H]12. The summed E-state index contributed by atoms with van der Waals surface area (Å²) in [6, 6.07) is 17.6. The summed E-state index contributed by atoms with van der Waals surface area (Å²) < 4.78 is 6.19. The van der Waals surface area contributed by atoms with Gasteiger partial charge in [-0.15, -0.1) is 0 Å². The molecule has 232 valence electrons. The lowest BCUT2D eigenvalue weighted by atomic mass is 9.57. The Hall–Kier alpha value is -3.20. The van der Waals surface area contributed by atoms with Gasteiger partial charge in [0.1, 0.15) is 5.75 Å². The third kappa shape index (κ3) is 6.30. The van der Waals surface area contributed by atoms with Crippen molar-refractivity contribution in [2.45, 2.75) is 77.9 Å². The number of likely N-dealkylation sites (tertiary alicyclic amines) is 2. The number of rotatable bonds is 8. The van der Waals surface area contributed by atoms with E-state index in [1.165, 1.54) is 11.1 Å². The maximum atomic E-state index is 14.2. The lowest BCUT2D eigenvalue weighted by Crippen LogP contribution is -2.48. The van der Waals surface area contributed by atoms with Gasteiger partial charge in [-0.25, -0.2) is 0 Å². The van der Waals surface area contributed by atoms with E-state index < -0.39 is 13.0 Å². The number of amides is 2. The quantitative estimate of drug-likeness (QED) is 0.231. The molecule has 2 aromatic carbocycles. The number of benzene rings is 2. The summed E-state index contributed by atoms with van der Waals surface area (Å²) in [7, 11) is -0.963. The van der Waals surface area contributed by atoms with Crippen molar-refractivity contribution < 1.29 is 24.4 Å². The Bertz CT molecular complexity index is 1430. The summed E-state index contributed by atoms with van der Waals surface area (Å²) in [6.45, 7) is 9.00. The summed E-state index contributed by atoms with van der Waals surface area (Å²) in [5.74, 6) is -0.562. The van der Waals surface area contributed by atoms with Gasteiger partial charge in [0.25, 0.3) is 0 Å². The van der Waals surface area contributed by atoms with Crippen molar-refractivity contribution in [3.8, 4) is 5.75 Å². The van der Waals surface area contributed by atoms with Gasteiger partial charge in [-0.3, -0.25) is 19.4 Å². The molecule has 3 fully saturated rings. The van der Waals surface area contributed by atoms with Gasteiger partial charge in [-0.1, -0.05) is 73.5 Å². The number of nitrogens with zero attached hydrogens (tertiary/aromatic N) is 2. The fourth-order valence-corrected chi connectivity index (χ4v) is 8.14. The molecule has 0 bridgehead atoms. The van der Waals surface area contributed by atoms with Crippen LogP contribution in [0.3, 0.4) is 0 Å². The minimum atomic E-state index is -0.963. The second kappa shape index (κ2) is 13.0. The molecule has 4 atom stereocenters. The number of phenolic OH excluding ortho intramolecular Hbond substituents is 1. The fourth-order valence-electron chi connectivity index (χ4n) is 8.14. The van der Waals surface area contributed by atoms with Crippen LogP contribution in [-0.2, 0) is 20.8 Å². The van der Waals surface area contributed by atoms with Crippen molar-refractivity contribution >= 4 is 25.0 Å². The molecule has 4 aliphatic rings. The van der Waals surface area contributed by atoms with Crippen LogP contribution in [0, 0.1) is 23.7 Å². The number of hydrogen-bond donors (Lipinski definition) is 2. The molecule has 2 amide bonds. The number of carbonyl (C=O) groups excluding carboxylic acids is 2. The molecule has 1 aliphatic carbocycles. The Labute approximate surface area is 261 Å². The highest BCUT2D eigenvalue weighted by Gasteiger charge is 2.58. The predicted molar refractivity (Wildman–Crippen MR) is 172 cm³/mol. The number of phenols is 1. The van der Waals surface area contributed by atoms with Crippen molar-refractivity contribution in [1.29, 1.82) is 0 Å². The topological polar surface area (TPSA) is 90.3 Å². The van der Waals surface area contributed by atoms with Gasteiger partial charge in [0, 0.05) is 25.7 Å². The molecule has 0 spiro atoms. The largest absolute Gasteiger partial charge is 0.508 e. The Morgan fingerprint density at radius 1 is 1.05 bits per heavy atom. The number of allylic oxidation sites excluding steroid dienone is 2. The Morgan fingerprint density at radius 3 is 2.50 bits per heavy atom. The van der Waals surface area contributed by atoms with Crippen LogP contribution in [0.4, 0.5) is 0 Å². The molecular weight excluding hydrogens is 551 g/mol. The number of imide groups is 1. The van der Waals surface area contributed by atoms with Crippen LogP contribution in [0.2, 0.25) is 6.32 Å². The van der Waals surface area contributed by atoms with E-state index in [0.717, 1.165) is 55.6 Å². The van der Waals surface area contributed by atoms with E-state index in [4.69, 9.17) is 4.65 Å². The highest BCUT2D eigenvalue weighted by Crippen LogP contribution is 2.52. The van der Waals surface area contributed by atoms with Gasteiger partial charge < -0.3 is 14.8 Å². The first-order chi connectivity index (χ1) is 21.2. The molecule has 0 radical (unpaired) electrons. The van der Waals surface area contributed by atoms with Gasteiger partial charge in [0.15, 0.2) is 0 Å². The molecule has 6 rings (SSSR count).